The van der Waals surface area contributed by atoms with E-state index in [1.807, 2.05) is 30.3 Å². The van der Waals surface area contributed by atoms with Crippen molar-refractivity contribution in [2.45, 2.75) is 13.0 Å². The van der Waals surface area contributed by atoms with E-state index in [9.17, 15) is 9.59 Å². The molecule has 2 aromatic rings. The molecule has 0 aliphatic carbocycles. The van der Waals surface area contributed by atoms with Crippen molar-refractivity contribution in [3.63, 3.8) is 0 Å². The van der Waals surface area contributed by atoms with Crippen LogP contribution in [0.15, 0.2) is 54.6 Å². The number of benzene rings is 2. The van der Waals surface area contributed by atoms with Crippen LogP contribution < -0.4 is 10.1 Å². The fraction of sp³-hybridized carbons (Fsp3) is 0.222. The number of hydrogen-bond donors (Lipinski definition) is 1. The Labute approximate surface area is 135 Å². The summed E-state index contributed by atoms with van der Waals surface area (Å²) in [6, 6.07) is 16.3. The van der Waals surface area contributed by atoms with Crippen molar-refractivity contribution in [2.75, 3.05) is 13.7 Å². The van der Waals surface area contributed by atoms with Crippen LogP contribution in [0.25, 0.3) is 0 Å². The number of para-hydroxylation sites is 1. The lowest BCUT2D eigenvalue weighted by Gasteiger charge is -2.08. The highest BCUT2D eigenvalue weighted by atomic mass is 16.5. The van der Waals surface area contributed by atoms with Gasteiger partial charge in [-0.05, 0) is 29.8 Å². The summed E-state index contributed by atoms with van der Waals surface area (Å²) in [5.74, 6) is 0.287. The Bertz CT molecular complexity index is 638. The van der Waals surface area contributed by atoms with Crippen LogP contribution in [0.1, 0.15) is 22.3 Å². The van der Waals surface area contributed by atoms with Crippen LogP contribution in [0.5, 0.6) is 5.75 Å². The Balaban J connectivity index is 1.70. The number of carbonyl (C=O) groups excluding carboxylic acids is 2. The molecule has 5 nitrogen and oxygen atoms in total. The molecule has 0 radical (unpaired) electrons. The number of ether oxygens (including phenoxy) is 2. The Hall–Kier alpha value is -2.82. The Morgan fingerprint density at radius 1 is 1.00 bits per heavy atom. The molecule has 2 rings (SSSR count). The van der Waals surface area contributed by atoms with E-state index >= 15 is 0 Å². The van der Waals surface area contributed by atoms with Gasteiger partial charge in [0.1, 0.15) is 5.75 Å². The van der Waals surface area contributed by atoms with E-state index in [2.05, 4.69) is 10.1 Å². The number of esters is 1. The normalized spacial score (nSPS) is 9.96. The van der Waals surface area contributed by atoms with E-state index in [0.717, 1.165) is 11.3 Å². The number of methoxy groups -OCH3 is 1. The highest BCUT2D eigenvalue weighted by molar-refractivity contribution is 5.89. The summed E-state index contributed by atoms with van der Waals surface area (Å²) in [7, 11) is 1.34. The molecule has 0 heterocycles. The molecule has 0 bridgehead atoms. The number of hydrogen-bond acceptors (Lipinski definition) is 4. The summed E-state index contributed by atoms with van der Waals surface area (Å²) < 4.78 is 10.1. The average Bonchev–Trinajstić information content (AvgIpc) is 2.60. The van der Waals surface area contributed by atoms with Gasteiger partial charge in [0.25, 0.3) is 0 Å². The van der Waals surface area contributed by atoms with Gasteiger partial charge >= 0.3 is 5.97 Å². The van der Waals surface area contributed by atoms with E-state index < -0.39 is 0 Å². The van der Waals surface area contributed by atoms with Crippen LogP contribution in [0, 0.1) is 0 Å². The second-order valence-corrected chi connectivity index (χ2v) is 4.88. The van der Waals surface area contributed by atoms with Crippen molar-refractivity contribution < 1.29 is 19.1 Å². The topological polar surface area (TPSA) is 64.6 Å². The zero-order valence-electron chi connectivity index (χ0n) is 13.0. The van der Waals surface area contributed by atoms with Gasteiger partial charge in [0.2, 0.25) is 5.91 Å². The van der Waals surface area contributed by atoms with Crippen molar-refractivity contribution in [1.82, 2.24) is 5.32 Å². The standard InChI is InChI=1S/C18H19NO4/c1-22-18(21)15-9-7-14(8-10-15)13-19-17(20)11-12-23-16-5-3-2-4-6-16/h2-10H,11-13H2,1H3,(H,19,20). The number of nitrogens with one attached hydrogen (secondary N) is 1. The number of rotatable bonds is 7. The molecule has 1 N–H and O–H groups in total. The molecular formula is C18H19NO4. The molecule has 0 atom stereocenters. The third-order valence-corrected chi connectivity index (χ3v) is 3.21. The maximum absolute atomic E-state index is 11.8. The first kappa shape index (κ1) is 16.5. The van der Waals surface area contributed by atoms with Gasteiger partial charge in [0.05, 0.1) is 25.7 Å². The second kappa shape index (κ2) is 8.58. The third-order valence-electron chi connectivity index (χ3n) is 3.21. The minimum absolute atomic E-state index is 0.0852. The zero-order valence-corrected chi connectivity index (χ0v) is 13.0. The van der Waals surface area contributed by atoms with Gasteiger partial charge in [0.15, 0.2) is 0 Å². The first-order valence-electron chi connectivity index (χ1n) is 7.31. The Morgan fingerprint density at radius 2 is 1.70 bits per heavy atom. The summed E-state index contributed by atoms with van der Waals surface area (Å²) in [6.07, 6.45) is 0.287. The SMILES string of the molecule is COC(=O)c1ccc(CNC(=O)CCOc2ccccc2)cc1. The van der Waals surface area contributed by atoms with Crippen LogP contribution in [0.4, 0.5) is 0 Å². The highest BCUT2D eigenvalue weighted by Gasteiger charge is 2.05. The molecule has 0 fully saturated rings. The van der Waals surface area contributed by atoms with E-state index in [4.69, 9.17) is 4.74 Å². The molecule has 0 aliphatic rings. The molecule has 1 amide bonds. The predicted molar refractivity (Wildman–Crippen MR) is 86.2 cm³/mol. The van der Waals surface area contributed by atoms with Crippen molar-refractivity contribution in [3.8, 4) is 5.75 Å². The van der Waals surface area contributed by atoms with Gasteiger partial charge < -0.3 is 14.8 Å². The van der Waals surface area contributed by atoms with Crippen molar-refractivity contribution in [1.29, 1.82) is 0 Å². The fourth-order valence-electron chi connectivity index (χ4n) is 1.94. The summed E-state index contributed by atoms with van der Waals surface area (Å²) in [6.45, 7) is 0.739. The van der Waals surface area contributed by atoms with Gasteiger partial charge in [0, 0.05) is 6.54 Å². The molecule has 23 heavy (non-hydrogen) atoms. The summed E-state index contributed by atoms with van der Waals surface area (Å²) in [5.41, 5.74) is 1.40. The van der Waals surface area contributed by atoms with Crippen LogP contribution >= 0.6 is 0 Å². The lowest BCUT2D eigenvalue weighted by Crippen LogP contribution is -2.24. The first-order valence-corrected chi connectivity index (χ1v) is 7.31. The van der Waals surface area contributed by atoms with Gasteiger partial charge in [-0.1, -0.05) is 30.3 Å². The van der Waals surface area contributed by atoms with Gasteiger partial charge in [-0.3, -0.25) is 4.79 Å². The first-order chi connectivity index (χ1) is 11.2. The molecule has 0 aliphatic heterocycles. The van der Waals surface area contributed by atoms with Gasteiger partial charge in [-0.15, -0.1) is 0 Å². The molecule has 0 saturated heterocycles. The minimum atomic E-state index is -0.376. The van der Waals surface area contributed by atoms with E-state index in [0.29, 0.717) is 18.7 Å². The van der Waals surface area contributed by atoms with E-state index in [1.54, 1.807) is 24.3 Å². The lowest BCUT2D eigenvalue weighted by atomic mass is 10.1. The molecule has 5 heteroatoms. The molecular weight excluding hydrogens is 294 g/mol. The van der Waals surface area contributed by atoms with Gasteiger partial charge in [-0.25, -0.2) is 4.79 Å². The molecule has 2 aromatic carbocycles. The quantitative estimate of drug-likeness (QED) is 0.798. The van der Waals surface area contributed by atoms with Crippen molar-refractivity contribution in [2.24, 2.45) is 0 Å². The van der Waals surface area contributed by atoms with E-state index in [-0.39, 0.29) is 18.3 Å². The van der Waals surface area contributed by atoms with E-state index in [1.165, 1.54) is 7.11 Å². The smallest absolute Gasteiger partial charge is 0.337 e. The maximum atomic E-state index is 11.8. The van der Waals surface area contributed by atoms with Crippen LogP contribution in [-0.4, -0.2) is 25.6 Å². The zero-order chi connectivity index (χ0) is 16.5. The minimum Gasteiger partial charge on any atom is -0.493 e. The fourth-order valence-corrected chi connectivity index (χ4v) is 1.94. The Morgan fingerprint density at radius 3 is 2.35 bits per heavy atom. The van der Waals surface area contributed by atoms with Gasteiger partial charge in [-0.2, -0.15) is 0 Å². The summed E-state index contributed by atoms with van der Waals surface area (Å²) >= 11 is 0. The highest BCUT2D eigenvalue weighted by Crippen LogP contribution is 2.08. The van der Waals surface area contributed by atoms with Crippen LogP contribution in [0.3, 0.4) is 0 Å². The second-order valence-electron chi connectivity index (χ2n) is 4.88. The molecule has 120 valence electrons. The predicted octanol–water partition coefficient (Wildman–Crippen LogP) is 2.56. The largest absolute Gasteiger partial charge is 0.493 e. The van der Waals surface area contributed by atoms with Crippen LogP contribution in [-0.2, 0) is 16.1 Å². The lowest BCUT2D eigenvalue weighted by molar-refractivity contribution is -0.121. The van der Waals surface area contributed by atoms with Crippen molar-refractivity contribution in [3.05, 3.63) is 65.7 Å². The molecule has 0 aromatic heterocycles. The summed E-state index contributed by atoms with van der Waals surface area (Å²) in [4.78, 5) is 23.1. The van der Waals surface area contributed by atoms with Crippen LogP contribution in [0.2, 0.25) is 0 Å². The molecule has 0 unspecified atom stereocenters. The third kappa shape index (κ3) is 5.47. The Kier molecular flexibility index (Phi) is 6.17. The average molecular weight is 313 g/mol. The monoisotopic (exact) mass is 313 g/mol. The number of carbonyl (C=O) groups is 2. The summed E-state index contributed by atoms with van der Waals surface area (Å²) in [5, 5.41) is 2.81. The van der Waals surface area contributed by atoms with Crippen molar-refractivity contribution >= 4 is 11.9 Å². The number of amides is 1. The maximum Gasteiger partial charge on any atom is 0.337 e. The molecule has 0 saturated carbocycles. The molecule has 0 spiro atoms.